The van der Waals surface area contributed by atoms with E-state index in [4.69, 9.17) is 4.74 Å². The molecule has 0 aliphatic heterocycles. The molecule has 1 N–H and O–H groups in total. The van der Waals surface area contributed by atoms with Crippen LogP contribution in [0.2, 0.25) is 0 Å². The summed E-state index contributed by atoms with van der Waals surface area (Å²) in [5.74, 6) is 0.906. The van der Waals surface area contributed by atoms with Gasteiger partial charge in [-0.2, -0.15) is 0 Å². The number of rotatable bonds is 11. The molecule has 2 aromatic carbocycles. The van der Waals surface area contributed by atoms with Crippen LogP contribution in [0.4, 0.5) is 0 Å². The zero-order valence-corrected chi connectivity index (χ0v) is 16.8. The van der Waals surface area contributed by atoms with Crippen molar-refractivity contribution < 1.29 is 9.84 Å². The van der Waals surface area contributed by atoms with Crippen molar-refractivity contribution in [1.29, 1.82) is 0 Å². The first-order valence-electron chi connectivity index (χ1n) is 9.22. The van der Waals surface area contributed by atoms with Gasteiger partial charge in [-0.3, -0.25) is 0 Å². The lowest BCUT2D eigenvalue weighted by Gasteiger charge is -2.18. The average molecular weight is 378 g/mol. The summed E-state index contributed by atoms with van der Waals surface area (Å²) in [4.78, 5) is 1.96. The van der Waals surface area contributed by atoms with E-state index >= 15 is 0 Å². The molecular formula is C22H32ClNO2. The number of benzene rings is 2. The Morgan fingerprint density at radius 3 is 2.27 bits per heavy atom. The second-order valence-corrected chi connectivity index (χ2v) is 6.88. The van der Waals surface area contributed by atoms with Crippen molar-refractivity contribution in [2.75, 3.05) is 27.2 Å². The summed E-state index contributed by atoms with van der Waals surface area (Å²) < 4.78 is 5.85. The average Bonchev–Trinajstić information content (AvgIpc) is 2.61. The van der Waals surface area contributed by atoms with Gasteiger partial charge in [-0.25, -0.2) is 0 Å². The van der Waals surface area contributed by atoms with Crippen LogP contribution in [0.3, 0.4) is 0 Å². The third kappa shape index (κ3) is 8.70. The molecule has 144 valence electrons. The Morgan fingerprint density at radius 2 is 1.54 bits per heavy atom. The summed E-state index contributed by atoms with van der Waals surface area (Å²) in [5.41, 5.74) is 2.65. The largest absolute Gasteiger partial charge is 0.491 e. The molecule has 0 bridgehead atoms. The highest BCUT2D eigenvalue weighted by Gasteiger charge is 2.09. The first-order valence-corrected chi connectivity index (χ1v) is 9.22. The Morgan fingerprint density at radius 1 is 0.885 bits per heavy atom. The Kier molecular flexibility index (Phi) is 11.0. The van der Waals surface area contributed by atoms with E-state index in [0.717, 1.165) is 25.0 Å². The van der Waals surface area contributed by atoms with Gasteiger partial charge in [0, 0.05) is 6.54 Å². The monoisotopic (exact) mass is 377 g/mol. The number of para-hydroxylation sites is 1. The van der Waals surface area contributed by atoms with Crippen LogP contribution in [0, 0.1) is 0 Å². The number of aliphatic hydroxyl groups is 1. The quantitative estimate of drug-likeness (QED) is 0.590. The normalized spacial score (nSPS) is 11.8. The van der Waals surface area contributed by atoms with Crippen molar-refractivity contribution in [2.24, 2.45) is 0 Å². The fourth-order valence-electron chi connectivity index (χ4n) is 2.98. The van der Waals surface area contributed by atoms with E-state index in [1.165, 1.54) is 24.0 Å². The van der Waals surface area contributed by atoms with Crippen molar-refractivity contribution in [3.8, 4) is 5.75 Å². The van der Waals surface area contributed by atoms with E-state index in [9.17, 15) is 5.11 Å². The fourth-order valence-corrected chi connectivity index (χ4v) is 2.98. The van der Waals surface area contributed by atoms with Crippen LogP contribution in [0.5, 0.6) is 5.75 Å². The van der Waals surface area contributed by atoms with E-state index < -0.39 is 6.10 Å². The third-order valence-electron chi connectivity index (χ3n) is 4.23. The summed E-state index contributed by atoms with van der Waals surface area (Å²) in [6.45, 7) is 0.949. The van der Waals surface area contributed by atoms with E-state index in [2.05, 4.69) is 42.5 Å². The summed E-state index contributed by atoms with van der Waals surface area (Å²) in [5, 5.41) is 9.96. The van der Waals surface area contributed by atoms with Crippen molar-refractivity contribution in [1.82, 2.24) is 4.90 Å². The molecule has 0 spiro atoms. The number of nitrogens with zero attached hydrogens (tertiary/aromatic N) is 1. The molecule has 0 saturated carbocycles. The lowest BCUT2D eigenvalue weighted by molar-refractivity contribution is 0.0827. The van der Waals surface area contributed by atoms with Crippen LogP contribution in [0.25, 0.3) is 0 Å². The second kappa shape index (κ2) is 12.7. The van der Waals surface area contributed by atoms with Crippen LogP contribution < -0.4 is 4.74 Å². The molecule has 0 aliphatic rings. The van der Waals surface area contributed by atoms with E-state index in [1.54, 1.807) is 0 Å². The molecule has 2 rings (SSSR count). The molecule has 0 aromatic heterocycles. The molecule has 4 heteroatoms. The SMILES string of the molecule is CN(C)CC(O)COc1ccccc1CCCCCc1ccccc1.Cl. The predicted molar refractivity (Wildman–Crippen MR) is 111 cm³/mol. The maximum absolute atomic E-state index is 9.96. The van der Waals surface area contributed by atoms with Crippen molar-refractivity contribution in [3.05, 3.63) is 65.7 Å². The van der Waals surface area contributed by atoms with Crippen molar-refractivity contribution >= 4 is 12.4 Å². The van der Waals surface area contributed by atoms with Gasteiger partial charge in [0.1, 0.15) is 18.5 Å². The van der Waals surface area contributed by atoms with Gasteiger partial charge in [-0.15, -0.1) is 12.4 Å². The van der Waals surface area contributed by atoms with Crippen LogP contribution >= 0.6 is 12.4 Å². The van der Waals surface area contributed by atoms with Gasteiger partial charge in [-0.1, -0.05) is 55.0 Å². The Balaban J connectivity index is 0.00000338. The third-order valence-corrected chi connectivity index (χ3v) is 4.23. The Bertz CT molecular complexity index is 604. The molecule has 0 aliphatic carbocycles. The van der Waals surface area contributed by atoms with Gasteiger partial charge in [-0.05, 0) is 57.0 Å². The van der Waals surface area contributed by atoms with Gasteiger partial charge < -0.3 is 14.7 Å². The second-order valence-electron chi connectivity index (χ2n) is 6.88. The van der Waals surface area contributed by atoms with Crippen LogP contribution in [0.1, 0.15) is 30.4 Å². The summed E-state index contributed by atoms with van der Waals surface area (Å²) >= 11 is 0. The molecule has 0 fully saturated rings. The molecule has 1 unspecified atom stereocenters. The van der Waals surface area contributed by atoms with Crippen LogP contribution in [-0.2, 0) is 12.8 Å². The molecule has 1 atom stereocenters. The summed E-state index contributed by atoms with van der Waals surface area (Å²) in [6, 6.07) is 18.9. The lowest BCUT2D eigenvalue weighted by atomic mass is 10.0. The molecule has 0 heterocycles. The smallest absolute Gasteiger partial charge is 0.122 e. The number of unbranched alkanes of at least 4 members (excludes halogenated alkanes) is 2. The highest BCUT2D eigenvalue weighted by atomic mass is 35.5. The van der Waals surface area contributed by atoms with Gasteiger partial charge in [0.25, 0.3) is 0 Å². The minimum Gasteiger partial charge on any atom is -0.491 e. The maximum atomic E-state index is 9.96. The number of aryl methyl sites for hydroxylation is 2. The number of halogens is 1. The predicted octanol–water partition coefficient (Wildman–Crippen LogP) is 4.37. The standard InChI is InChI=1S/C22H31NO2.ClH/c1-23(2)17-21(24)18-25-22-16-10-9-15-20(22)14-8-4-7-13-19-11-5-3-6-12-19;/h3,5-6,9-12,15-16,21,24H,4,7-8,13-14,17-18H2,1-2H3;1H. The first-order chi connectivity index (χ1) is 12.1. The number of hydrogen-bond acceptors (Lipinski definition) is 3. The molecule has 0 amide bonds. The zero-order chi connectivity index (χ0) is 17.9. The highest BCUT2D eigenvalue weighted by Crippen LogP contribution is 2.21. The van der Waals surface area contributed by atoms with E-state index in [-0.39, 0.29) is 12.4 Å². The summed E-state index contributed by atoms with van der Waals surface area (Å²) in [7, 11) is 3.90. The lowest BCUT2D eigenvalue weighted by Crippen LogP contribution is -2.30. The molecule has 0 saturated heterocycles. The van der Waals surface area contributed by atoms with Crippen molar-refractivity contribution in [3.63, 3.8) is 0 Å². The minimum absolute atomic E-state index is 0. The van der Waals surface area contributed by atoms with E-state index in [0.29, 0.717) is 13.2 Å². The fraction of sp³-hybridized carbons (Fsp3) is 0.455. The summed E-state index contributed by atoms with van der Waals surface area (Å²) in [6.07, 6.45) is 5.30. The molecule has 2 aromatic rings. The highest BCUT2D eigenvalue weighted by molar-refractivity contribution is 5.85. The molecular weight excluding hydrogens is 346 g/mol. The molecule has 3 nitrogen and oxygen atoms in total. The van der Waals surface area contributed by atoms with E-state index in [1.807, 2.05) is 31.1 Å². The Labute approximate surface area is 164 Å². The van der Waals surface area contributed by atoms with Gasteiger partial charge in [0.05, 0.1) is 0 Å². The van der Waals surface area contributed by atoms with Gasteiger partial charge >= 0.3 is 0 Å². The van der Waals surface area contributed by atoms with Gasteiger partial charge in [0.15, 0.2) is 0 Å². The zero-order valence-electron chi connectivity index (χ0n) is 15.9. The van der Waals surface area contributed by atoms with Crippen molar-refractivity contribution in [2.45, 2.75) is 38.2 Å². The Hall–Kier alpha value is -1.55. The van der Waals surface area contributed by atoms with Crippen LogP contribution in [0.15, 0.2) is 54.6 Å². The topological polar surface area (TPSA) is 32.7 Å². The number of likely N-dealkylation sites (N-methyl/N-ethyl adjacent to an activating group) is 1. The molecule has 26 heavy (non-hydrogen) atoms. The van der Waals surface area contributed by atoms with Gasteiger partial charge in [0.2, 0.25) is 0 Å². The number of ether oxygens (including phenoxy) is 1. The maximum Gasteiger partial charge on any atom is 0.122 e. The number of hydrogen-bond donors (Lipinski definition) is 1. The van der Waals surface area contributed by atoms with Crippen LogP contribution in [-0.4, -0.2) is 43.4 Å². The number of aliphatic hydroxyl groups excluding tert-OH is 1. The molecule has 0 radical (unpaired) electrons. The minimum atomic E-state index is -0.464. The first kappa shape index (κ1) is 22.5.